The van der Waals surface area contributed by atoms with Crippen LogP contribution >= 0.6 is 0 Å². The molecule has 0 unspecified atom stereocenters. The smallest absolute Gasteiger partial charge is 0.132 e. The molecule has 0 radical (unpaired) electrons. The zero-order valence-electron chi connectivity index (χ0n) is 8.11. The number of para-hydroxylation sites is 1. The lowest BCUT2D eigenvalue weighted by atomic mass is 9.97. The molecular weight excluding hydrogens is 180 g/mol. The third-order valence-electron chi connectivity index (χ3n) is 2.76. The maximum absolute atomic E-state index is 10.8. The van der Waals surface area contributed by atoms with E-state index in [1.165, 1.54) is 6.07 Å². The average molecular weight is 191 g/mol. The molecule has 1 heterocycles. The molecule has 0 spiro atoms. The summed E-state index contributed by atoms with van der Waals surface area (Å²) in [5.74, 6) is -0.458. The van der Waals surface area contributed by atoms with Crippen molar-refractivity contribution in [2.24, 2.45) is 0 Å². The zero-order chi connectivity index (χ0) is 10.3. The van der Waals surface area contributed by atoms with E-state index in [4.69, 9.17) is 4.74 Å². The van der Waals surface area contributed by atoms with Gasteiger partial charge in [0.15, 0.2) is 0 Å². The van der Waals surface area contributed by atoms with Gasteiger partial charge in [-0.05, 0) is 13.0 Å². The van der Waals surface area contributed by atoms with E-state index in [0.29, 0.717) is 5.75 Å². The Morgan fingerprint density at radius 2 is 2.14 bits per heavy atom. The number of hydrogen-bond donors (Lipinski definition) is 0. The predicted molar refractivity (Wildman–Crippen MR) is 49.3 cm³/mol. The van der Waals surface area contributed by atoms with Gasteiger partial charge in [0.2, 0.25) is 0 Å². The number of aromatic carboxylic acids is 1. The fourth-order valence-electron chi connectivity index (χ4n) is 1.75. The first-order valence-electron chi connectivity index (χ1n) is 4.62. The molecule has 14 heavy (non-hydrogen) atoms. The third-order valence-corrected chi connectivity index (χ3v) is 2.76. The fourth-order valence-corrected chi connectivity index (χ4v) is 1.75. The van der Waals surface area contributed by atoms with Crippen molar-refractivity contribution in [2.75, 3.05) is 0 Å². The van der Waals surface area contributed by atoms with Crippen LogP contribution in [0.5, 0.6) is 5.75 Å². The SMILES string of the molecule is C[C@@H]1Oc2c(C(=O)[O-])cccc2[C@H]1C. The summed E-state index contributed by atoms with van der Waals surface area (Å²) < 4.78 is 5.49. The molecule has 3 heteroatoms. The zero-order valence-corrected chi connectivity index (χ0v) is 8.11. The Balaban J connectivity index is 2.56. The number of carboxylic acids is 1. The number of carbonyl (C=O) groups excluding carboxylic acids is 1. The van der Waals surface area contributed by atoms with Gasteiger partial charge >= 0.3 is 0 Å². The van der Waals surface area contributed by atoms with Crippen molar-refractivity contribution >= 4 is 5.97 Å². The van der Waals surface area contributed by atoms with E-state index in [9.17, 15) is 9.90 Å². The normalized spacial score (nSPS) is 24.1. The van der Waals surface area contributed by atoms with E-state index in [0.717, 1.165) is 5.56 Å². The Kier molecular flexibility index (Phi) is 1.95. The summed E-state index contributed by atoms with van der Waals surface area (Å²) in [4.78, 5) is 10.8. The van der Waals surface area contributed by atoms with Gasteiger partial charge < -0.3 is 14.6 Å². The molecule has 0 bridgehead atoms. The molecule has 0 saturated heterocycles. The minimum absolute atomic E-state index is 0.0329. The Morgan fingerprint density at radius 3 is 2.79 bits per heavy atom. The molecule has 1 aromatic rings. The van der Waals surface area contributed by atoms with Crippen LogP contribution in [-0.4, -0.2) is 12.1 Å². The van der Waals surface area contributed by atoms with Crippen molar-refractivity contribution in [1.82, 2.24) is 0 Å². The summed E-state index contributed by atoms with van der Waals surface area (Å²) in [6.45, 7) is 3.96. The van der Waals surface area contributed by atoms with Gasteiger partial charge in [-0.3, -0.25) is 0 Å². The van der Waals surface area contributed by atoms with E-state index >= 15 is 0 Å². The highest BCUT2D eigenvalue weighted by Gasteiger charge is 2.29. The average Bonchev–Trinajstić information content (AvgIpc) is 2.43. The van der Waals surface area contributed by atoms with Crippen molar-refractivity contribution in [1.29, 1.82) is 0 Å². The van der Waals surface area contributed by atoms with Crippen molar-refractivity contribution in [3.63, 3.8) is 0 Å². The van der Waals surface area contributed by atoms with Gasteiger partial charge in [0.05, 0.1) is 5.97 Å². The van der Waals surface area contributed by atoms with Crippen LogP contribution in [0.3, 0.4) is 0 Å². The van der Waals surface area contributed by atoms with E-state index in [1.54, 1.807) is 6.07 Å². The van der Waals surface area contributed by atoms with Crippen molar-refractivity contribution in [3.05, 3.63) is 29.3 Å². The quantitative estimate of drug-likeness (QED) is 0.663. The van der Waals surface area contributed by atoms with Gasteiger partial charge in [0, 0.05) is 17.0 Å². The van der Waals surface area contributed by atoms with Gasteiger partial charge in [-0.2, -0.15) is 0 Å². The fraction of sp³-hybridized carbons (Fsp3) is 0.364. The molecule has 0 aliphatic carbocycles. The van der Waals surface area contributed by atoms with Crippen LogP contribution in [0.15, 0.2) is 18.2 Å². The first kappa shape index (κ1) is 9.06. The number of carbonyl (C=O) groups is 1. The molecule has 1 aromatic carbocycles. The van der Waals surface area contributed by atoms with Crippen LogP contribution in [-0.2, 0) is 0 Å². The minimum Gasteiger partial charge on any atom is -0.545 e. The predicted octanol–water partition coefficient (Wildman–Crippen LogP) is 0.934. The van der Waals surface area contributed by atoms with Gasteiger partial charge in [-0.25, -0.2) is 0 Å². The first-order valence-corrected chi connectivity index (χ1v) is 4.62. The Labute approximate surface area is 82.3 Å². The highest BCUT2D eigenvalue weighted by Crippen LogP contribution is 2.39. The number of ether oxygens (including phenoxy) is 1. The van der Waals surface area contributed by atoms with Crippen molar-refractivity contribution in [3.8, 4) is 5.75 Å². The highest BCUT2D eigenvalue weighted by molar-refractivity contribution is 5.90. The second-order valence-electron chi connectivity index (χ2n) is 3.62. The van der Waals surface area contributed by atoms with Crippen LogP contribution < -0.4 is 9.84 Å². The number of benzene rings is 1. The standard InChI is InChI=1S/C11H12O3/c1-6-7(2)14-10-8(6)4-3-5-9(10)11(12)13/h3-7H,1-2H3,(H,12,13)/p-1/t6-,7-/m0/s1. The maximum atomic E-state index is 10.8. The summed E-state index contributed by atoms with van der Waals surface area (Å²) in [5, 5.41) is 10.8. The van der Waals surface area contributed by atoms with Gasteiger partial charge in [0.1, 0.15) is 11.9 Å². The van der Waals surface area contributed by atoms with Crippen LogP contribution in [0.25, 0.3) is 0 Å². The Morgan fingerprint density at radius 1 is 1.43 bits per heavy atom. The summed E-state index contributed by atoms with van der Waals surface area (Å²) in [6, 6.07) is 5.14. The van der Waals surface area contributed by atoms with E-state index < -0.39 is 5.97 Å². The Hall–Kier alpha value is -1.51. The van der Waals surface area contributed by atoms with Crippen LogP contribution in [0.2, 0.25) is 0 Å². The lowest BCUT2D eigenvalue weighted by Crippen LogP contribution is -2.23. The number of fused-ring (bicyclic) bond motifs is 1. The molecule has 0 aromatic heterocycles. The van der Waals surface area contributed by atoms with Crippen LogP contribution in [0, 0.1) is 0 Å². The topological polar surface area (TPSA) is 49.4 Å². The second-order valence-corrected chi connectivity index (χ2v) is 3.62. The molecular formula is C11H11O3-. The van der Waals surface area contributed by atoms with Gasteiger partial charge in [0.25, 0.3) is 0 Å². The summed E-state index contributed by atoms with van der Waals surface area (Å²) >= 11 is 0. The minimum atomic E-state index is -1.18. The first-order chi connectivity index (χ1) is 6.61. The largest absolute Gasteiger partial charge is 0.545 e. The molecule has 0 amide bonds. The van der Waals surface area contributed by atoms with Gasteiger partial charge in [-0.1, -0.05) is 19.1 Å². The maximum Gasteiger partial charge on any atom is 0.132 e. The van der Waals surface area contributed by atoms with Crippen molar-refractivity contribution in [2.45, 2.75) is 25.9 Å². The van der Waals surface area contributed by atoms with E-state index in [-0.39, 0.29) is 17.6 Å². The Bertz CT molecular complexity index is 384. The molecule has 3 nitrogen and oxygen atoms in total. The van der Waals surface area contributed by atoms with E-state index in [2.05, 4.69) is 0 Å². The van der Waals surface area contributed by atoms with E-state index in [1.807, 2.05) is 19.9 Å². The molecule has 1 aliphatic rings. The molecule has 0 saturated carbocycles. The number of rotatable bonds is 1. The molecule has 74 valence electrons. The van der Waals surface area contributed by atoms with Gasteiger partial charge in [-0.15, -0.1) is 0 Å². The highest BCUT2D eigenvalue weighted by atomic mass is 16.5. The lowest BCUT2D eigenvalue weighted by Gasteiger charge is -2.09. The molecule has 0 fully saturated rings. The van der Waals surface area contributed by atoms with Crippen LogP contribution in [0.1, 0.15) is 35.7 Å². The number of hydrogen-bond acceptors (Lipinski definition) is 3. The number of carboxylic acid groups (broad SMARTS) is 1. The van der Waals surface area contributed by atoms with Crippen LogP contribution in [0.4, 0.5) is 0 Å². The second kappa shape index (κ2) is 3.01. The lowest BCUT2D eigenvalue weighted by molar-refractivity contribution is -0.255. The molecule has 0 N–H and O–H groups in total. The molecule has 1 aliphatic heterocycles. The molecule has 2 rings (SSSR count). The summed E-state index contributed by atoms with van der Waals surface area (Å²) in [6.07, 6.45) is 0.0329. The molecule has 2 atom stereocenters. The summed E-state index contributed by atoms with van der Waals surface area (Å²) in [5.41, 5.74) is 1.11. The summed E-state index contributed by atoms with van der Waals surface area (Å²) in [7, 11) is 0. The third kappa shape index (κ3) is 1.16. The van der Waals surface area contributed by atoms with Crippen molar-refractivity contribution < 1.29 is 14.6 Å². The monoisotopic (exact) mass is 191 g/mol.